The van der Waals surface area contributed by atoms with Gasteiger partial charge in [0.25, 0.3) is 0 Å². The van der Waals surface area contributed by atoms with E-state index in [2.05, 4.69) is 39.1 Å². The summed E-state index contributed by atoms with van der Waals surface area (Å²) < 4.78 is 10.8. The first-order valence-electron chi connectivity index (χ1n) is 7.97. The lowest BCUT2D eigenvalue weighted by atomic mass is 9.98. The second-order valence-corrected chi connectivity index (χ2v) is 5.83. The van der Waals surface area contributed by atoms with Gasteiger partial charge in [-0.2, -0.15) is 0 Å². The number of hydrogen-bond acceptors (Lipinski definition) is 6. The number of rotatable bonds is 4. The Hall–Kier alpha value is -2.89. The highest BCUT2D eigenvalue weighted by Crippen LogP contribution is 2.30. The van der Waals surface area contributed by atoms with Crippen molar-refractivity contribution >= 4 is 17.7 Å². The standard InChI is InChI=1S/C18H20N4O2/c1-23-16-8-13-15(9-17(16)24-2)20-10-21-18(13)22-12-3-4-14-11(7-12)5-6-19-14/h3-4,7-10,15,19,22H,5-6H2,1-2H3,(H,20,21). The Morgan fingerprint density at radius 1 is 1.21 bits per heavy atom. The predicted molar refractivity (Wildman–Crippen MR) is 94.9 cm³/mol. The second-order valence-electron chi connectivity index (χ2n) is 5.83. The SMILES string of the molecule is COC1=CC2=C(Nc3ccc4c(c3)CCN4)N=CNC2C=C1OC. The van der Waals surface area contributed by atoms with Gasteiger partial charge in [-0.1, -0.05) is 0 Å². The molecule has 1 aliphatic carbocycles. The highest BCUT2D eigenvalue weighted by Gasteiger charge is 2.25. The maximum Gasteiger partial charge on any atom is 0.160 e. The predicted octanol–water partition coefficient (Wildman–Crippen LogP) is 2.35. The van der Waals surface area contributed by atoms with Gasteiger partial charge in [0.1, 0.15) is 5.82 Å². The lowest BCUT2D eigenvalue weighted by molar-refractivity contribution is 0.216. The number of nitrogens with one attached hydrogen (secondary N) is 3. The summed E-state index contributed by atoms with van der Waals surface area (Å²) in [7, 11) is 3.28. The molecule has 0 aromatic heterocycles. The van der Waals surface area contributed by atoms with E-state index in [1.165, 1.54) is 11.3 Å². The minimum Gasteiger partial charge on any atom is -0.493 e. The van der Waals surface area contributed by atoms with Crippen LogP contribution in [0.2, 0.25) is 0 Å². The fourth-order valence-electron chi connectivity index (χ4n) is 3.19. The third-order valence-electron chi connectivity index (χ3n) is 4.42. The van der Waals surface area contributed by atoms with Crippen molar-refractivity contribution in [3.8, 4) is 0 Å². The Morgan fingerprint density at radius 3 is 2.92 bits per heavy atom. The van der Waals surface area contributed by atoms with E-state index in [0.29, 0.717) is 5.76 Å². The smallest absolute Gasteiger partial charge is 0.160 e. The van der Waals surface area contributed by atoms with Crippen molar-refractivity contribution in [2.24, 2.45) is 4.99 Å². The molecule has 1 aromatic rings. The van der Waals surface area contributed by atoms with Gasteiger partial charge in [0.2, 0.25) is 0 Å². The third-order valence-corrected chi connectivity index (χ3v) is 4.42. The Balaban J connectivity index is 1.67. The number of anilines is 2. The molecule has 124 valence electrons. The Labute approximate surface area is 140 Å². The van der Waals surface area contributed by atoms with Crippen LogP contribution in [0.1, 0.15) is 5.56 Å². The second kappa shape index (κ2) is 5.96. The summed E-state index contributed by atoms with van der Waals surface area (Å²) in [5.74, 6) is 2.22. The van der Waals surface area contributed by atoms with E-state index in [0.717, 1.165) is 35.8 Å². The molecule has 2 heterocycles. The van der Waals surface area contributed by atoms with Crippen LogP contribution in [0.4, 0.5) is 11.4 Å². The average Bonchev–Trinajstić information content (AvgIpc) is 3.08. The molecule has 6 nitrogen and oxygen atoms in total. The largest absolute Gasteiger partial charge is 0.493 e. The summed E-state index contributed by atoms with van der Waals surface area (Å²) in [6, 6.07) is 6.36. The van der Waals surface area contributed by atoms with Crippen LogP contribution in [0.15, 0.2) is 58.3 Å². The first-order valence-corrected chi connectivity index (χ1v) is 7.97. The molecular weight excluding hydrogens is 304 g/mol. The molecule has 1 unspecified atom stereocenters. The minimum absolute atomic E-state index is 0.00921. The fourth-order valence-corrected chi connectivity index (χ4v) is 3.19. The zero-order valence-electron chi connectivity index (χ0n) is 13.7. The molecule has 3 aliphatic rings. The zero-order chi connectivity index (χ0) is 16.5. The quantitative estimate of drug-likeness (QED) is 0.793. The average molecular weight is 324 g/mol. The lowest BCUT2D eigenvalue weighted by Crippen LogP contribution is -2.34. The molecule has 2 aliphatic heterocycles. The zero-order valence-corrected chi connectivity index (χ0v) is 13.7. The van der Waals surface area contributed by atoms with Gasteiger partial charge >= 0.3 is 0 Å². The van der Waals surface area contributed by atoms with Crippen molar-refractivity contribution in [3.05, 3.63) is 58.8 Å². The molecular formula is C18H20N4O2. The minimum atomic E-state index is 0.00921. The van der Waals surface area contributed by atoms with Gasteiger partial charge in [0.05, 0.1) is 26.6 Å². The third kappa shape index (κ3) is 2.50. The lowest BCUT2D eigenvalue weighted by Gasteiger charge is -2.27. The van der Waals surface area contributed by atoms with Gasteiger partial charge < -0.3 is 25.4 Å². The molecule has 0 saturated heterocycles. The van der Waals surface area contributed by atoms with Gasteiger partial charge in [0, 0.05) is 23.5 Å². The maximum absolute atomic E-state index is 5.42. The number of benzene rings is 1. The molecule has 1 atom stereocenters. The van der Waals surface area contributed by atoms with Crippen molar-refractivity contribution in [2.75, 3.05) is 31.4 Å². The van der Waals surface area contributed by atoms with E-state index < -0.39 is 0 Å². The summed E-state index contributed by atoms with van der Waals surface area (Å²) >= 11 is 0. The van der Waals surface area contributed by atoms with Crippen LogP contribution >= 0.6 is 0 Å². The van der Waals surface area contributed by atoms with E-state index in [-0.39, 0.29) is 6.04 Å². The number of ether oxygens (including phenoxy) is 2. The molecule has 0 bridgehead atoms. The van der Waals surface area contributed by atoms with Crippen molar-refractivity contribution in [2.45, 2.75) is 12.5 Å². The monoisotopic (exact) mass is 324 g/mol. The molecule has 3 N–H and O–H groups in total. The summed E-state index contributed by atoms with van der Waals surface area (Å²) in [5, 5.41) is 10.0. The van der Waals surface area contributed by atoms with E-state index >= 15 is 0 Å². The summed E-state index contributed by atoms with van der Waals surface area (Å²) in [5.41, 5.74) is 4.61. The number of methoxy groups -OCH3 is 2. The van der Waals surface area contributed by atoms with Gasteiger partial charge in [-0.15, -0.1) is 0 Å². The molecule has 6 heteroatoms. The molecule has 0 saturated carbocycles. The van der Waals surface area contributed by atoms with Gasteiger partial charge in [-0.25, -0.2) is 4.99 Å². The number of fused-ring (bicyclic) bond motifs is 2. The van der Waals surface area contributed by atoms with E-state index in [1.54, 1.807) is 20.6 Å². The Bertz CT molecular complexity index is 792. The van der Waals surface area contributed by atoms with Crippen LogP contribution in [0.25, 0.3) is 0 Å². The Kier molecular flexibility index (Phi) is 3.65. The van der Waals surface area contributed by atoms with Gasteiger partial charge in [0.15, 0.2) is 11.5 Å². The highest BCUT2D eigenvalue weighted by atomic mass is 16.5. The molecule has 0 fully saturated rings. The van der Waals surface area contributed by atoms with Crippen molar-refractivity contribution in [3.63, 3.8) is 0 Å². The number of nitrogens with zero attached hydrogens (tertiary/aromatic N) is 1. The summed E-state index contributed by atoms with van der Waals surface area (Å²) in [4.78, 5) is 4.47. The van der Waals surface area contributed by atoms with E-state index in [9.17, 15) is 0 Å². The number of hydrogen-bond donors (Lipinski definition) is 3. The molecule has 0 radical (unpaired) electrons. The van der Waals surface area contributed by atoms with E-state index in [4.69, 9.17) is 9.47 Å². The topological polar surface area (TPSA) is 66.9 Å². The number of aliphatic imine (C=N–C) groups is 1. The Morgan fingerprint density at radius 2 is 2.08 bits per heavy atom. The van der Waals surface area contributed by atoms with E-state index in [1.807, 2.05) is 12.2 Å². The van der Waals surface area contributed by atoms with Crippen molar-refractivity contribution in [1.29, 1.82) is 0 Å². The first-order chi connectivity index (χ1) is 11.8. The maximum atomic E-state index is 5.42. The molecule has 24 heavy (non-hydrogen) atoms. The van der Waals surface area contributed by atoms with Crippen LogP contribution < -0.4 is 16.0 Å². The molecule has 4 rings (SSSR count). The van der Waals surface area contributed by atoms with Gasteiger partial charge in [-0.05, 0) is 42.3 Å². The van der Waals surface area contributed by atoms with Crippen LogP contribution in [-0.4, -0.2) is 33.1 Å². The van der Waals surface area contributed by atoms with Gasteiger partial charge in [-0.3, -0.25) is 0 Å². The van der Waals surface area contributed by atoms with Crippen molar-refractivity contribution in [1.82, 2.24) is 5.32 Å². The fraction of sp³-hybridized carbons (Fsp3) is 0.278. The first kappa shape index (κ1) is 14.7. The summed E-state index contributed by atoms with van der Waals surface area (Å²) in [6.07, 6.45) is 6.72. The highest BCUT2D eigenvalue weighted by molar-refractivity contribution is 5.69. The van der Waals surface area contributed by atoms with Crippen LogP contribution in [-0.2, 0) is 15.9 Å². The van der Waals surface area contributed by atoms with Crippen LogP contribution in [0.5, 0.6) is 0 Å². The molecule has 1 aromatic carbocycles. The van der Waals surface area contributed by atoms with Crippen LogP contribution in [0, 0.1) is 0 Å². The molecule has 0 spiro atoms. The normalized spacial score (nSPS) is 21.0. The summed E-state index contributed by atoms with van der Waals surface area (Å²) in [6.45, 7) is 1.00. The van der Waals surface area contributed by atoms with Crippen molar-refractivity contribution < 1.29 is 9.47 Å². The molecule has 0 amide bonds. The van der Waals surface area contributed by atoms with Crippen LogP contribution in [0.3, 0.4) is 0 Å².